The van der Waals surface area contributed by atoms with E-state index >= 15 is 0 Å². The van der Waals surface area contributed by atoms with Gasteiger partial charge in [0.05, 0.1) is 25.7 Å². The van der Waals surface area contributed by atoms with E-state index in [1.807, 2.05) is 0 Å². The molecule has 0 saturated heterocycles. The van der Waals surface area contributed by atoms with Crippen LogP contribution in [0, 0.1) is 6.92 Å². The number of methoxy groups -OCH3 is 2. The quantitative estimate of drug-likeness (QED) is 0.662. The second-order valence-corrected chi connectivity index (χ2v) is 6.19. The molecule has 0 bridgehead atoms. The van der Waals surface area contributed by atoms with Crippen molar-refractivity contribution in [3.05, 3.63) is 35.6 Å². The summed E-state index contributed by atoms with van der Waals surface area (Å²) < 4.78 is 20.4. The normalized spacial score (nSPS) is 10.3. The predicted octanol–water partition coefficient (Wildman–Crippen LogP) is 2.42. The lowest BCUT2D eigenvalue weighted by atomic mass is 10.2. The van der Waals surface area contributed by atoms with E-state index in [2.05, 4.69) is 10.5 Å². The number of amides is 1. The average Bonchev–Trinajstić information content (AvgIpc) is 3.04. The fourth-order valence-corrected chi connectivity index (χ4v) is 2.64. The number of benzene rings is 1. The van der Waals surface area contributed by atoms with E-state index in [9.17, 15) is 9.59 Å². The molecule has 140 valence electrons. The lowest BCUT2D eigenvalue weighted by Gasteiger charge is -2.11. The first-order valence-electron chi connectivity index (χ1n) is 7.69. The van der Waals surface area contributed by atoms with E-state index in [1.165, 1.54) is 7.11 Å². The molecule has 2 aromatic rings. The lowest BCUT2D eigenvalue weighted by molar-refractivity contribution is -0.141. The standard InChI is InChI=1S/C17H20N2O6S/c1-11-6-15(19-25-11)18-16(20)9-26-10-17(21)24-8-12-7-13(22-2)4-5-14(12)23-3/h4-7H,8-10H2,1-3H3,(H,18,19,20). The van der Waals surface area contributed by atoms with Crippen LogP contribution in [0.3, 0.4) is 0 Å². The van der Waals surface area contributed by atoms with Crippen molar-refractivity contribution in [2.45, 2.75) is 13.5 Å². The topological polar surface area (TPSA) is 99.9 Å². The van der Waals surface area contributed by atoms with Crippen LogP contribution in [0.25, 0.3) is 0 Å². The van der Waals surface area contributed by atoms with Crippen LogP contribution in [0.2, 0.25) is 0 Å². The fraction of sp³-hybridized carbons (Fsp3) is 0.353. The maximum Gasteiger partial charge on any atom is 0.316 e. The number of nitrogens with zero attached hydrogens (tertiary/aromatic N) is 1. The zero-order valence-corrected chi connectivity index (χ0v) is 15.6. The fourth-order valence-electron chi connectivity index (χ4n) is 2.03. The van der Waals surface area contributed by atoms with Crippen molar-refractivity contribution in [2.24, 2.45) is 0 Å². The highest BCUT2D eigenvalue weighted by Crippen LogP contribution is 2.24. The largest absolute Gasteiger partial charge is 0.497 e. The minimum Gasteiger partial charge on any atom is -0.497 e. The Hall–Kier alpha value is -2.68. The second kappa shape index (κ2) is 9.71. The number of hydrogen-bond donors (Lipinski definition) is 1. The highest BCUT2D eigenvalue weighted by atomic mass is 32.2. The summed E-state index contributed by atoms with van der Waals surface area (Å²) in [5.74, 6) is 1.65. The van der Waals surface area contributed by atoms with Gasteiger partial charge in [-0.2, -0.15) is 0 Å². The molecule has 8 nitrogen and oxygen atoms in total. The number of rotatable bonds is 9. The Bertz CT molecular complexity index is 761. The van der Waals surface area contributed by atoms with E-state index in [1.54, 1.807) is 38.3 Å². The third-order valence-corrected chi connectivity index (χ3v) is 4.13. The number of carbonyl (C=O) groups excluding carboxylic acids is 2. The first-order chi connectivity index (χ1) is 12.5. The molecule has 0 aliphatic rings. The van der Waals surface area contributed by atoms with Crippen LogP contribution in [-0.2, 0) is 20.9 Å². The Kier molecular flexibility index (Phi) is 7.34. The van der Waals surface area contributed by atoms with Crippen LogP contribution >= 0.6 is 11.8 Å². The van der Waals surface area contributed by atoms with Gasteiger partial charge in [0.15, 0.2) is 5.82 Å². The van der Waals surface area contributed by atoms with Crippen LogP contribution in [0.4, 0.5) is 5.82 Å². The van der Waals surface area contributed by atoms with E-state index in [0.29, 0.717) is 28.6 Å². The van der Waals surface area contributed by atoms with Crippen LogP contribution in [0.1, 0.15) is 11.3 Å². The molecule has 26 heavy (non-hydrogen) atoms. The van der Waals surface area contributed by atoms with Gasteiger partial charge < -0.3 is 24.1 Å². The highest BCUT2D eigenvalue weighted by Gasteiger charge is 2.11. The number of aryl methyl sites for hydroxylation is 1. The molecule has 0 fully saturated rings. The summed E-state index contributed by atoms with van der Waals surface area (Å²) in [5, 5.41) is 6.24. The molecule has 2 rings (SSSR count). The zero-order chi connectivity index (χ0) is 18.9. The molecule has 0 radical (unpaired) electrons. The number of aromatic nitrogens is 1. The number of anilines is 1. The van der Waals surface area contributed by atoms with Crippen molar-refractivity contribution in [1.29, 1.82) is 0 Å². The van der Waals surface area contributed by atoms with E-state index in [-0.39, 0.29) is 24.0 Å². The number of esters is 1. The second-order valence-electron chi connectivity index (χ2n) is 5.20. The monoisotopic (exact) mass is 380 g/mol. The van der Waals surface area contributed by atoms with Gasteiger partial charge in [0.25, 0.3) is 0 Å². The number of nitrogens with one attached hydrogen (secondary N) is 1. The SMILES string of the molecule is COc1ccc(OC)c(COC(=O)CSCC(=O)Nc2cc(C)on2)c1. The van der Waals surface area contributed by atoms with Crippen molar-refractivity contribution in [3.8, 4) is 11.5 Å². The van der Waals surface area contributed by atoms with Crippen molar-refractivity contribution in [3.63, 3.8) is 0 Å². The third kappa shape index (κ3) is 5.99. The Morgan fingerprint density at radius 1 is 1.19 bits per heavy atom. The van der Waals surface area contributed by atoms with Gasteiger partial charge in [-0.1, -0.05) is 5.16 Å². The Morgan fingerprint density at radius 3 is 2.65 bits per heavy atom. The van der Waals surface area contributed by atoms with Gasteiger partial charge in [-0.25, -0.2) is 0 Å². The molecule has 1 aromatic heterocycles. The number of carbonyl (C=O) groups is 2. The third-order valence-electron chi connectivity index (χ3n) is 3.22. The van der Waals surface area contributed by atoms with E-state index in [4.69, 9.17) is 18.7 Å². The molecular weight excluding hydrogens is 360 g/mol. The van der Waals surface area contributed by atoms with E-state index in [0.717, 1.165) is 11.8 Å². The molecule has 1 heterocycles. The zero-order valence-electron chi connectivity index (χ0n) is 14.7. The summed E-state index contributed by atoms with van der Waals surface area (Å²) in [6.07, 6.45) is 0. The number of thioether (sulfide) groups is 1. The minimum atomic E-state index is -0.426. The van der Waals surface area contributed by atoms with Crippen molar-refractivity contribution in [1.82, 2.24) is 5.16 Å². The maximum atomic E-state index is 11.8. The molecule has 0 aliphatic heterocycles. The molecular formula is C17H20N2O6S. The van der Waals surface area contributed by atoms with Gasteiger partial charge in [0.2, 0.25) is 5.91 Å². The molecule has 0 saturated carbocycles. The van der Waals surface area contributed by atoms with Crippen LogP contribution < -0.4 is 14.8 Å². The Labute approximate surface area is 155 Å². The molecule has 1 aromatic carbocycles. The molecule has 0 spiro atoms. The van der Waals surface area contributed by atoms with Gasteiger partial charge >= 0.3 is 5.97 Å². The van der Waals surface area contributed by atoms with Crippen molar-refractivity contribution in [2.75, 3.05) is 31.0 Å². The molecule has 9 heteroatoms. The molecule has 0 unspecified atom stereocenters. The summed E-state index contributed by atoms with van der Waals surface area (Å²) in [7, 11) is 3.09. The summed E-state index contributed by atoms with van der Waals surface area (Å²) in [6.45, 7) is 1.79. The van der Waals surface area contributed by atoms with Gasteiger partial charge in [0, 0.05) is 11.6 Å². The Balaban J connectivity index is 1.73. The Morgan fingerprint density at radius 2 is 2.00 bits per heavy atom. The molecule has 1 amide bonds. The van der Waals surface area contributed by atoms with Gasteiger partial charge in [0.1, 0.15) is 23.9 Å². The first-order valence-corrected chi connectivity index (χ1v) is 8.84. The molecule has 0 aliphatic carbocycles. The predicted molar refractivity (Wildman–Crippen MR) is 96.5 cm³/mol. The van der Waals surface area contributed by atoms with E-state index < -0.39 is 5.97 Å². The molecule has 0 atom stereocenters. The van der Waals surface area contributed by atoms with Crippen molar-refractivity contribution < 1.29 is 28.3 Å². The van der Waals surface area contributed by atoms with Gasteiger partial charge in [-0.3, -0.25) is 9.59 Å². The summed E-state index contributed by atoms with van der Waals surface area (Å²) in [4.78, 5) is 23.6. The first kappa shape index (κ1) is 19.6. The highest BCUT2D eigenvalue weighted by molar-refractivity contribution is 8.00. The lowest BCUT2D eigenvalue weighted by Crippen LogP contribution is -2.16. The average molecular weight is 380 g/mol. The van der Waals surface area contributed by atoms with Crippen LogP contribution in [0.15, 0.2) is 28.8 Å². The van der Waals surface area contributed by atoms with Crippen molar-refractivity contribution >= 4 is 29.5 Å². The smallest absolute Gasteiger partial charge is 0.316 e. The summed E-state index contributed by atoms with van der Waals surface area (Å²) >= 11 is 1.15. The number of hydrogen-bond acceptors (Lipinski definition) is 8. The maximum absolute atomic E-state index is 11.8. The molecule has 1 N–H and O–H groups in total. The minimum absolute atomic E-state index is 0.0531. The summed E-state index contributed by atoms with van der Waals surface area (Å²) in [5.41, 5.74) is 0.698. The van der Waals surface area contributed by atoms with Crippen LogP contribution in [0.5, 0.6) is 11.5 Å². The summed E-state index contributed by atoms with van der Waals surface area (Å²) in [6, 6.07) is 6.85. The van der Waals surface area contributed by atoms with Crippen LogP contribution in [-0.4, -0.2) is 42.8 Å². The number of ether oxygens (including phenoxy) is 3. The van der Waals surface area contributed by atoms with Gasteiger partial charge in [-0.15, -0.1) is 11.8 Å². The van der Waals surface area contributed by atoms with Gasteiger partial charge in [-0.05, 0) is 25.1 Å².